The monoisotopic (exact) mass is 302 g/mol. The van der Waals surface area contributed by atoms with Crippen molar-refractivity contribution < 1.29 is 9.59 Å². The minimum absolute atomic E-state index is 0.0211. The van der Waals surface area contributed by atoms with Gasteiger partial charge in [0.25, 0.3) is 0 Å². The van der Waals surface area contributed by atoms with Crippen LogP contribution in [0.5, 0.6) is 0 Å². The van der Waals surface area contributed by atoms with Gasteiger partial charge < -0.3 is 10.6 Å². The second-order valence-electron chi connectivity index (χ2n) is 6.55. The molecule has 0 bridgehead atoms. The van der Waals surface area contributed by atoms with Crippen LogP contribution < -0.4 is 10.6 Å². The van der Waals surface area contributed by atoms with E-state index in [-0.39, 0.29) is 17.9 Å². The largest absolute Gasteiger partial charge is 0.354 e. The molecule has 0 unspecified atom stereocenters. The average Bonchev–Trinajstić information content (AvgIpc) is 2.94. The summed E-state index contributed by atoms with van der Waals surface area (Å²) < 4.78 is 0. The van der Waals surface area contributed by atoms with Crippen LogP contribution in [0.2, 0.25) is 0 Å². The third kappa shape index (κ3) is 4.33. The highest BCUT2D eigenvalue weighted by atomic mass is 16.2. The summed E-state index contributed by atoms with van der Waals surface area (Å²) >= 11 is 0. The maximum absolute atomic E-state index is 12.7. The topological polar surface area (TPSA) is 58.2 Å². The molecule has 0 spiro atoms. The average molecular weight is 302 g/mol. The van der Waals surface area contributed by atoms with Gasteiger partial charge >= 0.3 is 0 Å². The SMILES string of the molecule is CC(C)NC(=O)CC1(C(=O)NCc2ccccc2)CCCC1. The zero-order valence-corrected chi connectivity index (χ0v) is 13.5. The first kappa shape index (κ1) is 16.5. The van der Waals surface area contributed by atoms with Gasteiger partial charge in [-0.25, -0.2) is 0 Å². The lowest BCUT2D eigenvalue weighted by Crippen LogP contribution is -2.43. The second kappa shape index (κ2) is 7.43. The van der Waals surface area contributed by atoms with Gasteiger partial charge in [0.2, 0.25) is 11.8 Å². The molecule has 0 heterocycles. The minimum Gasteiger partial charge on any atom is -0.354 e. The molecule has 1 aliphatic carbocycles. The van der Waals surface area contributed by atoms with Crippen LogP contribution in [0.25, 0.3) is 0 Å². The molecule has 0 aromatic heterocycles. The van der Waals surface area contributed by atoms with Gasteiger partial charge in [0, 0.05) is 19.0 Å². The summed E-state index contributed by atoms with van der Waals surface area (Å²) in [5.74, 6) is -0.000444. The Bertz CT molecular complexity index is 505. The van der Waals surface area contributed by atoms with Gasteiger partial charge in [-0.2, -0.15) is 0 Å². The lowest BCUT2D eigenvalue weighted by atomic mass is 9.81. The van der Waals surface area contributed by atoms with E-state index in [1.807, 2.05) is 44.2 Å². The van der Waals surface area contributed by atoms with Crippen molar-refractivity contribution in [3.63, 3.8) is 0 Å². The first-order chi connectivity index (χ1) is 10.5. The lowest BCUT2D eigenvalue weighted by Gasteiger charge is -2.27. The predicted molar refractivity (Wildman–Crippen MR) is 87.1 cm³/mol. The minimum atomic E-state index is -0.520. The number of hydrogen-bond donors (Lipinski definition) is 2. The molecule has 0 atom stereocenters. The van der Waals surface area contributed by atoms with Gasteiger partial charge in [0.1, 0.15) is 0 Å². The molecule has 0 saturated heterocycles. The van der Waals surface area contributed by atoms with Crippen molar-refractivity contribution in [3.8, 4) is 0 Å². The van der Waals surface area contributed by atoms with Gasteiger partial charge in [-0.15, -0.1) is 0 Å². The molecule has 2 N–H and O–H groups in total. The molecule has 0 aliphatic heterocycles. The Morgan fingerprint density at radius 3 is 2.36 bits per heavy atom. The van der Waals surface area contributed by atoms with Gasteiger partial charge in [-0.3, -0.25) is 9.59 Å². The van der Waals surface area contributed by atoms with Crippen molar-refractivity contribution in [1.29, 1.82) is 0 Å². The van der Waals surface area contributed by atoms with E-state index < -0.39 is 5.41 Å². The second-order valence-corrected chi connectivity index (χ2v) is 6.55. The summed E-state index contributed by atoms with van der Waals surface area (Å²) in [7, 11) is 0. The quantitative estimate of drug-likeness (QED) is 0.849. The van der Waals surface area contributed by atoms with Crippen LogP contribution in [-0.4, -0.2) is 17.9 Å². The number of carbonyl (C=O) groups excluding carboxylic acids is 2. The fraction of sp³-hybridized carbons (Fsp3) is 0.556. The van der Waals surface area contributed by atoms with E-state index >= 15 is 0 Å². The van der Waals surface area contributed by atoms with Crippen LogP contribution in [0.1, 0.15) is 51.5 Å². The molecule has 120 valence electrons. The Kier molecular flexibility index (Phi) is 5.58. The molecule has 2 amide bonds. The Morgan fingerprint density at radius 2 is 1.77 bits per heavy atom. The number of nitrogens with one attached hydrogen (secondary N) is 2. The molecular formula is C18H26N2O2. The van der Waals surface area contributed by atoms with Crippen molar-refractivity contribution >= 4 is 11.8 Å². The van der Waals surface area contributed by atoms with E-state index in [1.54, 1.807) is 0 Å². The third-order valence-electron chi connectivity index (χ3n) is 4.29. The van der Waals surface area contributed by atoms with Crippen LogP contribution in [0.15, 0.2) is 30.3 Å². The molecule has 1 aromatic carbocycles. The van der Waals surface area contributed by atoms with Crippen LogP contribution in [-0.2, 0) is 16.1 Å². The Morgan fingerprint density at radius 1 is 1.14 bits per heavy atom. The Labute approximate surface area is 132 Å². The van der Waals surface area contributed by atoms with Crippen molar-refractivity contribution in [2.24, 2.45) is 5.41 Å². The van der Waals surface area contributed by atoms with Gasteiger partial charge in [-0.05, 0) is 32.3 Å². The van der Waals surface area contributed by atoms with E-state index in [0.717, 1.165) is 31.2 Å². The molecule has 4 heteroatoms. The van der Waals surface area contributed by atoms with E-state index in [4.69, 9.17) is 0 Å². The van der Waals surface area contributed by atoms with Crippen LogP contribution in [0.4, 0.5) is 0 Å². The van der Waals surface area contributed by atoms with Crippen LogP contribution in [0, 0.1) is 5.41 Å². The highest BCUT2D eigenvalue weighted by Crippen LogP contribution is 2.41. The molecule has 1 aromatic rings. The molecule has 1 saturated carbocycles. The van der Waals surface area contributed by atoms with E-state index in [0.29, 0.717) is 13.0 Å². The molecule has 1 aliphatic rings. The number of benzene rings is 1. The summed E-state index contributed by atoms with van der Waals surface area (Å²) in [4.78, 5) is 24.8. The first-order valence-corrected chi connectivity index (χ1v) is 8.13. The van der Waals surface area contributed by atoms with Crippen LogP contribution in [0.3, 0.4) is 0 Å². The molecule has 4 nitrogen and oxygen atoms in total. The summed E-state index contributed by atoms with van der Waals surface area (Å²) in [6.07, 6.45) is 3.95. The van der Waals surface area contributed by atoms with E-state index in [9.17, 15) is 9.59 Å². The van der Waals surface area contributed by atoms with Gasteiger partial charge in [0.15, 0.2) is 0 Å². The number of amides is 2. The summed E-state index contributed by atoms with van der Waals surface area (Å²) in [6.45, 7) is 4.40. The van der Waals surface area contributed by atoms with Crippen molar-refractivity contribution in [3.05, 3.63) is 35.9 Å². The fourth-order valence-electron chi connectivity index (χ4n) is 3.18. The van der Waals surface area contributed by atoms with E-state index in [2.05, 4.69) is 10.6 Å². The Balaban J connectivity index is 1.97. The highest BCUT2D eigenvalue weighted by Gasteiger charge is 2.42. The third-order valence-corrected chi connectivity index (χ3v) is 4.29. The van der Waals surface area contributed by atoms with Gasteiger partial charge in [0.05, 0.1) is 5.41 Å². The number of hydrogen-bond acceptors (Lipinski definition) is 2. The first-order valence-electron chi connectivity index (χ1n) is 8.13. The zero-order chi connectivity index (χ0) is 16.0. The molecule has 0 radical (unpaired) electrons. The highest BCUT2D eigenvalue weighted by molar-refractivity contribution is 5.89. The smallest absolute Gasteiger partial charge is 0.227 e. The maximum Gasteiger partial charge on any atom is 0.227 e. The maximum atomic E-state index is 12.7. The van der Waals surface area contributed by atoms with Crippen molar-refractivity contribution in [1.82, 2.24) is 10.6 Å². The summed E-state index contributed by atoms with van der Waals surface area (Å²) in [6, 6.07) is 9.98. The zero-order valence-electron chi connectivity index (χ0n) is 13.5. The number of rotatable bonds is 6. The summed E-state index contributed by atoms with van der Waals surface area (Å²) in [5.41, 5.74) is 0.559. The van der Waals surface area contributed by atoms with Gasteiger partial charge in [-0.1, -0.05) is 43.2 Å². The molecule has 22 heavy (non-hydrogen) atoms. The van der Waals surface area contributed by atoms with Crippen molar-refractivity contribution in [2.75, 3.05) is 0 Å². The summed E-state index contributed by atoms with van der Waals surface area (Å²) in [5, 5.41) is 5.93. The molecule has 1 fully saturated rings. The molecule has 2 rings (SSSR count). The van der Waals surface area contributed by atoms with Crippen LogP contribution >= 0.6 is 0 Å². The Hall–Kier alpha value is -1.84. The van der Waals surface area contributed by atoms with Crippen molar-refractivity contribution in [2.45, 2.75) is 58.5 Å². The lowest BCUT2D eigenvalue weighted by molar-refractivity contribution is -0.136. The standard InChI is InChI=1S/C18H26N2O2/c1-14(2)20-16(21)12-18(10-6-7-11-18)17(22)19-13-15-8-4-3-5-9-15/h3-5,8-9,14H,6-7,10-13H2,1-2H3,(H,19,22)(H,20,21). The normalized spacial score (nSPS) is 16.5. The predicted octanol–water partition coefficient (Wildman–Crippen LogP) is 2.78. The fourth-order valence-corrected chi connectivity index (χ4v) is 3.18. The van der Waals surface area contributed by atoms with E-state index in [1.165, 1.54) is 0 Å². The molecular weight excluding hydrogens is 276 g/mol. The number of carbonyl (C=O) groups is 2.